The summed E-state index contributed by atoms with van der Waals surface area (Å²) in [5, 5.41) is 0. The normalized spacial score (nSPS) is 11.6. The van der Waals surface area contributed by atoms with Crippen LogP contribution in [0.2, 0.25) is 0 Å². The fourth-order valence-electron chi connectivity index (χ4n) is 3.05. The maximum atomic E-state index is 2.44. The smallest absolute Gasteiger partial charge is 0.172 e. The zero-order valence-electron chi connectivity index (χ0n) is 16.4. The van der Waals surface area contributed by atoms with Crippen molar-refractivity contribution in [2.24, 2.45) is 0 Å². The van der Waals surface area contributed by atoms with Gasteiger partial charge in [0.15, 0.2) is 12.4 Å². The molecule has 0 saturated heterocycles. The van der Waals surface area contributed by atoms with E-state index in [1.54, 1.807) is 0 Å². The van der Waals surface area contributed by atoms with Crippen molar-refractivity contribution in [1.29, 1.82) is 0 Å². The predicted octanol–water partition coefficient (Wildman–Crippen LogP) is 6.75. The van der Waals surface area contributed by atoms with Gasteiger partial charge in [0.25, 0.3) is 0 Å². The molecule has 0 unspecified atom stereocenters. The molecule has 1 aromatic rings. The van der Waals surface area contributed by atoms with Crippen molar-refractivity contribution in [3.63, 3.8) is 0 Å². The monoisotopic (exact) mass is 318 g/mol. The highest BCUT2D eigenvalue weighted by atomic mass is 14.9. The summed E-state index contributed by atoms with van der Waals surface area (Å²) < 4.78 is 2.44. The van der Waals surface area contributed by atoms with Crippen LogP contribution in [0.25, 0.3) is 0 Å². The number of unbranched alkanes of at least 4 members (excludes halogenated alkanes) is 8. The number of hydrogen-bond donors (Lipinski definition) is 0. The van der Waals surface area contributed by atoms with E-state index >= 15 is 0 Å². The third kappa shape index (κ3) is 8.53. The molecule has 1 rings (SSSR count). The second kappa shape index (κ2) is 11.6. The van der Waals surface area contributed by atoms with Crippen molar-refractivity contribution >= 4 is 0 Å². The predicted molar refractivity (Wildman–Crippen MR) is 102 cm³/mol. The van der Waals surface area contributed by atoms with Crippen molar-refractivity contribution in [2.75, 3.05) is 0 Å². The van der Waals surface area contributed by atoms with Crippen LogP contribution >= 0.6 is 0 Å². The zero-order valence-corrected chi connectivity index (χ0v) is 16.4. The van der Waals surface area contributed by atoms with Gasteiger partial charge in [-0.15, -0.1) is 0 Å². The molecule has 0 aliphatic rings. The Hall–Kier alpha value is -0.850. The summed E-state index contributed by atoms with van der Waals surface area (Å²) in [7, 11) is 0. The lowest BCUT2D eigenvalue weighted by atomic mass is 9.98. The van der Waals surface area contributed by atoms with Crippen LogP contribution in [0.4, 0.5) is 0 Å². The van der Waals surface area contributed by atoms with Crippen LogP contribution in [-0.2, 0) is 6.54 Å². The Bertz CT molecular complexity index is 394. The lowest BCUT2D eigenvalue weighted by Crippen LogP contribution is -2.34. The molecule has 0 radical (unpaired) electrons. The minimum Gasteiger partial charge on any atom is -0.205 e. The van der Waals surface area contributed by atoms with Crippen LogP contribution in [0.15, 0.2) is 18.5 Å². The molecule has 0 spiro atoms. The summed E-state index contributed by atoms with van der Waals surface area (Å²) in [6, 6.07) is 2.39. The van der Waals surface area contributed by atoms with Crippen LogP contribution in [0, 0.1) is 0 Å². The lowest BCUT2D eigenvalue weighted by Gasteiger charge is -2.10. The summed E-state index contributed by atoms with van der Waals surface area (Å²) in [6.07, 6.45) is 17.3. The van der Waals surface area contributed by atoms with E-state index in [4.69, 9.17) is 0 Å². The maximum absolute atomic E-state index is 2.44. The average Bonchev–Trinajstić information content (AvgIpc) is 2.53. The molecule has 0 bridgehead atoms. The van der Waals surface area contributed by atoms with E-state index in [1.165, 1.54) is 75.5 Å². The van der Waals surface area contributed by atoms with E-state index in [9.17, 15) is 0 Å². The van der Waals surface area contributed by atoms with Gasteiger partial charge in [-0.3, -0.25) is 0 Å². The Morgan fingerprint density at radius 3 is 1.57 bits per heavy atom. The minimum atomic E-state index is 0.614. The molecule has 0 aromatic carbocycles. The van der Waals surface area contributed by atoms with Crippen molar-refractivity contribution in [3.8, 4) is 0 Å². The summed E-state index contributed by atoms with van der Waals surface area (Å²) in [4.78, 5) is 0. The molecule has 1 heterocycles. The first-order chi connectivity index (χ1) is 11.0. The third-order valence-corrected chi connectivity index (χ3v) is 4.82. The first kappa shape index (κ1) is 20.2. The second-order valence-corrected chi connectivity index (χ2v) is 7.78. The minimum absolute atomic E-state index is 0.614. The fourth-order valence-corrected chi connectivity index (χ4v) is 3.05. The van der Waals surface area contributed by atoms with Crippen molar-refractivity contribution in [1.82, 2.24) is 0 Å². The average molecular weight is 319 g/mol. The van der Waals surface area contributed by atoms with E-state index in [0.29, 0.717) is 11.8 Å². The van der Waals surface area contributed by atoms with E-state index in [2.05, 4.69) is 57.6 Å². The Kier molecular flexibility index (Phi) is 10.2. The Morgan fingerprint density at radius 2 is 1.13 bits per heavy atom. The van der Waals surface area contributed by atoms with Gasteiger partial charge in [0, 0.05) is 17.5 Å². The first-order valence-corrected chi connectivity index (χ1v) is 10.1. The van der Waals surface area contributed by atoms with Gasteiger partial charge >= 0.3 is 0 Å². The molecule has 0 N–H and O–H groups in total. The standard InChI is InChI=1S/C22H40N/c1-6-7-8-9-10-11-12-13-14-15-23-17-21(19(2)3)16-22(18-23)20(4)5/h16-20H,6-15H2,1-5H3/q+1. The Balaban J connectivity index is 2.31. The Labute approximate surface area is 145 Å². The highest BCUT2D eigenvalue weighted by Gasteiger charge is 2.12. The highest BCUT2D eigenvalue weighted by Crippen LogP contribution is 2.19. The van der Waals surface area contributed by atoms with Gasteiger partial charge in [-0.2, -0.15) is 0 Å². The van der Waals surface area contributed by atoms with Crippen LogP contribution in [-0.4, -0.2) is 0 Å². The maximum Gasteiger partial charge on any atom is 0.172 e. The first-order valence-electron chi connectivity index (χ1n) is 10.1. The molecular weight excluding hydrogens is 278 g/mol. The molecule has 1 nitrogen and oxygen atoms in total. The molecule has 0 amide bonds. The van der Waals surface area contributed by atoms with Gasteiger partial charge in [-0.05, 0) is 24.3 Å². The zero-order chi connectivity index (χ0) is 17.1. The van der Waals surface area contributed by atoms with E-state index in [-0.39, 0.29) is 0 Å². The number of hydrogen-bond acceptors (Lipinski definition) is 0. The van der Waals surface area contributed by atoms with Gasteiger partial charge in [0.1, 0.15) is 6.54 Å². The summed E-state index contributed by atoms with van der Waals surface area (Å²) in [5.74, 6) is 1.23. The second-order valence-electron chi connectivity index (χ2n) is 7.78. The van der Waals surface area contributed by atoms with Crippen LogP contribution in [0.5, 0.6) is 0 Å². The molecule has 0 atom stereocenters. The summed E-state index contributed by atoms with van der Waals surface area (Å²) in [6.45, 7) is 12.6. The van der Waals surface area contributed by atoms with Crippen LogP contribution in [0.3, 0.4) is 0 Å². The van der Waals surface area contributed by atoms with Crippen molar-refractivity contribution in [3.05, 3.63) is 29.6 Å². The van der Waals surface area contributed by atoms with E-state index in [0.717, 1.165) is 0 Å². The van der Waals surface area contributed by atoms with Gasteiger partial charge in [-0.1, -0.05) is 79.6 Å². The number of nitrogens with zero attached hydrogens (tertiary/aromatic N) is 1. The SMILES string of the molecule is CCCCCCCCCCC[n+]1cc(C(C)C)cc(C(C)C)c1. The molecule has 0 aliphatic heterocycles. The van der Waals surface area contributed by atoms with Gasteiger partial charge < -0.3 is 0 Å². The largest absolute Gasteiger partial charge is 0.205 e. The van der Waals surface area contributed by atoms with Crippen LogP contribution in [0.1, 0.15) is 115 Å². The topological polar surface area (TPSA) is 3.88 Å². The number of aryl methyl sites for hydroxylation is 1. The van der Waals surface area contributed by atoms with Crippen LogP contribution < -0.4 is 4.57 Å². The summed E-state index contributed by atoms with van der Waals surface area (Å²) in [5.41, 5.74) is 2.96. The quantitative estimate of drug-likeness (QED) is 0.296. The number of pyridine rings is 1. The van der Waals surface area contributed by atoms with Crippen molar-refractivity contribution in [2.45, 2.75) is 111 Å². The van der Waals surface area contributed by atoms with Gasteiger partial charge in [0.05, 0.1) is 0 Å². The third-order valence-electron chi connectivity index (χ3n) is 4.82. The molecule has 0 saturated carbocycles. The van der Waals surface area contributed by atoms with Gasteiger partial charge in [-0.25, -0.2) is 4.57 Å². The molecule has 0 aliphatic carbocycles. The highest BCUT2D eigenvalue weighted by molar-refractivity contribution is 5.20. The number of rotatable bonds is 12. The molecular formula is C22H40N+. The fraction of sp³-hybridized carbons (Fsp3) is 0.773. The van der Waals surface area contributed by atoms with Crippen molar-refractivity contribution < 1.29 is 4.57 Å². The Morgan fingerprint density at radius 1 is 0.696 bits per heavy atom. The van der Waals surface area contributed by atoms with E-state index < -0.39 is 0 Å². The van der Waals surface area contributed by atoms with E-state index in [1.807, 2.05) is 0 Å². The molecule has 1 aromatic heterocycles. The summed E-state index contributed by atoms with van der Waals surface area (Å²) >= 11 is 0. The van der Waals surface area contributed by atoms with Gasteiger partial charge in [0.2, 0.25) is 0 Å². The lowest BCUT2D eigenvalue weighted by molar-refractivity contribution is -0.698. The molecule has 0 fully saturated rings. The molecule has 1 heteroatoms. The number of aromatic nitrogens is 1. The molecule has 132 valence electrons. The molecule has 23 heavy (non-hydrogen) atoms.